The number of rotatable bonds is 4. The molecule has 0 saturated carbocycles. The van der Waals surface area contributed by atoms with Gasteiger partial charge in [0, 0.05) is 16.0 Å². The minimum Gasteiger partial charge on any atom is -0.506 e. The summed E-state index contributed by atoms with van der Waals surface area (Å²) in [4.78, 5) is 35.9. The molecular weight excluding hydrogens is 427 g/mol. The molecule has 0 aliphatic heterocycles. The number of benzene rings is 1. The number of pyridine rings is 1. The van der Waals surface area contributed by atoms with E-state index in [0.717, 1.165) is 9.13 Å². The summed E-state index contributed by atoms with van der Waals surface area (Å²) in [6.07, 6.45) is 0.160. The van der Waals surface area contributed by atoms with Crippen LogP contribution < -0.4 is 10.9 Å². The maximum absolute atomic E-state index is 12.5. The Morgan fingerprint density at radius 2 is 2.00 bits per heavy atom. The van der Waals surface area contributed by atoms with Gasteiger partial charge in [0.15, 0.2) is 0 Å². The fourth-order valence-corrected chi connectivity index (χ4v) is 2.89. The smallest absolute Gasteiger partial charge is 0.326 e. The summed E-state index contributed by atoms with van der Waals surface area (Å²) < 4.78 is 2.15. The monoisotopic (exact) mass is 444 g/mol. The molecule has 2 rings (SSSR count). The van der Waals surface area contributed by atoms with Crippen molar-refractivity contribution >= 4 is 45.4 Å². The van der Waals surface area contributed by atoms with E-state index in [9.17, 15) is 19.5 Å². The number of carbonyl (C=O) groups is 2. The van der Waals surface area contributed by atoms with Crippen LogP contribution in [-0.2, 0) is 11.8 Å². The van der Waals surface area contributed by atoms with Crippen LogP contribution in [0, 0.1) is 10.5 Å². The van der Waals surface area contributed by atoms with E-state index in [1.165, 1.54) is 11.6 Å². The van der Waals surface area contributed by atoms with Crippen molar-refractivity contribution in [3.63, 3.8) is 0 Å². The second-order valence-corrected chi connectivity index (χ2v) is 6.64. The van der Waals surface area contributed by atoms with Gasteiger partial charge in [-0.15, -0.1) is 0 Å². The minimum atomic E-state index is -1.20. The van der Waals surface area contributed by atoms with Crippen molar-refractivity contribution in [3.05, 3.63) is 37.2 Å². The van der Waals surface area contributed by atoms with Gasteiger partial charge in [-0.05, 0) is 53.6 Å². The summed E-state index contributed by atoms with van der Waals surface area (Å²) in [5, 5.41) is 22.1. The SMILES string of the molecule is CCC(NC(=O)c1c(O)c2cc(I)c(C)cc2n(C)c1=O)C(=O)O. The highest BCUT2D eigenvalue weighted by atomic mass is 127. The van der Waals surface area contributed by atoms with E-state index in [0.29, 0.717) is 10.9 Å². The number of carbonyl (C=O) groups excluding carboxylic acids is 1. The van der Waals surface area contributed by atoms with Gasteiger partial charge in [-0.2, -0.15) is 0 Å². The molecule has 0 fully saturated rings. The molecular formula is C16H17IN2O5. The zero-order valence-electron chi connectivity index (χ0n) is 13.4. The number of aromatic nitrogens is 1. The lowest BCUT2D eigenvalue weighted by atomic mass is 10.1. The molecule has 1 heterocycles. The number of aromatic hydroxyl groups is 1. The Morgan fingerprint density at radius 3 is 2.54 bits per heavy atom. The van der Waals surface area contributed by atoms with Crippen LogP contribution in [0.5, 0.6) is 5.75 Å². The van der Waals surface area contributed by atoms with Crippen molar-refractivity contribution in [3.8, 4) is 5.75 Å². The Hall–Kier alpha value is -2.10. The Balaban J connectivity index is 2.67. The summed E-state index contributed by atoms with van der Waals surface area (Å²) in [6, 6.07) is 2.31. The van der Waals surface area contributed by atoms with Crippen LogP contribution in [0.1, 0.15) is 29.3 Å². The highest BCUT2D eigenvalue weighted by Gasteiger charge is 2.25. The number of amides is 1. The zero-order valence-corrected chi connectivity index (χ0v) is 15.5. The van der Waals surface area contributed by atoms with Gasteiger partial charge in [-0.1, -0.05) is 6.92 Å². The molecule has 7 nitrogen and oxygen atoms in total. The van der Waals surface area contributed by atoms with Gasteiger partial charge in [-0.3, -0.25) is 9.59 Å². The number of nitrogens with one attached hydrogen (secondary N) is 1. The third-order valence-electron chi connectivity index (χ3n) is 3.89. The first kappa shape index (κ1) is 18.2. The van der Waals surface area contributed by atoms with Crippen molar-refractivity contribution < 1.29 is 19.8 Å². The van der Waals surface area contributed by atoms with Gasteiger partial charge < -0.3 is 20.1 Å². The third kappa shape index (κ3) is 3.10. The van der Waals surface area contributed by atoms with E-state index in [1.54, 1.807) is 19.1 Å². The first-order valence-electron chi connectivity index (χ1n) is 7.24. The summed E-state index contributed by atoms with van der Waals surface area (Å²) in [5.41, 5.74) is 0.298. The van der Waals surface area contributed by atoms with E-state index >= 15 is 0 Å². The number of carboxylic acids is 1. The normalized spacial score (nSPS) is 12.2. The Bertz CT molecular complexity index is 904. The van der Waals surface area contributed by atoms with E-state index in [-0.39, 0.29) is 6.42 Å². The van der Waals surface area contributed by atoms with Crippen molar-refractivity contribution in [2.24, 2.45) is 7.05 Å². The van der Waals surface area contributed by atoms with Crippen molar-refractivity contribution in [1.29, 1.82) is 0 Å². The number of halogens is 1. The lowest BCUT2D eigenvalue weighted by molar-refractivity contribution is -0.139. The molecule has 3 N–H and O–H groups in total. The molecule has 24 heavy (non-hydrogen) atoms. The molecule has 128 valence electrons. The van der Waals surface area contributed by atoms with Gasteiger partial charge in [0.1, 0.15) is 17.4 Å². The van der Waals surface area contributed by atoms with Crippen molar-refractivity contribution in [1.82, 2.24) is 9.88 Å². The van der Waals surface area contributed by atoms with Crippen LogP contribution in [0.15, 0.2) is 16.9 Å². The number of hydrogen-bond donors (Lipinski definition) is 3. The van der Waals surface area contributed by atoms with E-state index in [1.807, 2.05) is 6.92 Å². The molecule has 2 aromatic rings. The number of hydrogen-bond acceptors (Lipinski definition) is 4. The highest BCUT2D eigenvalue weighted by Crippen LogP contribution is 2.29. The van der Waals surface area contributed by atoms with Gasteiger partial charge in [0.05, 0.1) is 5.52 Å². The molecule has 8 heteroatoms. The zero-order chi connectivity index (χ0) is 18.2. The molecule has 1 amide bonds. The third-order valence-corrected chi connectivity index (χ3v) is 5.05. The maximum Gasteiger partial charge on any atom is 0.326 e. The van der Waals surface area contributed by atoms with Crippen LogP contribution >= 0.6 is 22.6 Å². The minimum absolute atomic E-state index is 0.160. The number of carboxylic acid groups (broad SMARTS) is 1. The van der Waals surface area contributed by atoms with Gasteiger partial charge in [0.2, 0.25) is 0 Å². The topological polar surface area (TPSA) is 109 Å². The Labute approximate surface area is 151 Å². The summed E-state index contributed by atoms with van der Waals surface area (Å²) >= 11 is 2.10. The van der Waals surface area contributed by atoms with Crippen molar-refractivity contribution in [2.75, 3.05) is 0 Å². The second-order valence-electron chi connectivity index (χ2n) is 5.48. The van der Waals surface area contributed by atoms with Crippen molar-refractivity contribution in [2.45, 2.75) is 26.3 Å². The summed E-state index contributed by atoms with van der Waals surface area (Å²) in [6.45, 7) is 3.48. The average molecular weight is 444 g/mol. The summed E-state index contributed by atoms with van der Waals surface area (Å²) in [7, 11) is 1.50. The van der Waals surface area contributed by atoms with Gasteiger partial charge in [0.25, 0.3) is 11.5 Å². The molecule has 1 atom stereocenters. The van der Waals surface area contributed by atoms with Crippen LogP contribution in [0.4, 0.5) is 0 Å². The first-order valence-corrected chi connectivity index (χ1v) is 8.32. The lowest BCUT2D eigenvalue weighted by Gasteiger charge is -2.15. The number of aliphatic carboxylic acids is 1. The fourth-order valence-electron chi connectivity index (χ4n) is 2.42. The van der Waals surface area contributed by atoms with Gasteiger partial charge >= 0.3 is 5.97 Å². The predicted molar refractivity (Wildman–Crippen MR) is 97.5 cm³/mol. The molecule has 1 aromatic heterocycles. The standard InChI is InChI=1S/C16H17IN2O5/c1-4-10(16(23)24)18-14(21)12-13(20)8-6-9(17)7(2)5-11(8)19(3)15(12)22/h5-6,10,20H,4H2,1-3H3,(H,18,21)(H,23,24). The highest BCUT2D eigenvalue weighted by molar-refractivity contribution is 14.1. The van der Waals surface area contributed by atoms with Crippen LogP contribution in [0.3, 0.4) is 0 Å². The number of aryl methyl sites for hydroxylation is 2. The number of nitrogens with zero attached hydrogens (tertiary/aromatic N) is 1. The van der Waals surface area contributed by atoms with Crippen LogP contribution in [0.2, 0.25) is 0 Å². The lowest BCUT2D eigenvalue weighted by Crippen LogP contribution is -2.42. The average Bonchev–Trinajstić information content (AvgIpc) is 2.52. The number of fused-ring (bicyclic) bond motifs is 1. The fraction of sp³-hybridized carbons (Fsp3) is 0.312. The molecule has 0 aliphatic carbocycles. The summed E-state index contributed by atoms with van der Waals surface area (Å²) in [5.74, 6) is -2.54. The maximum atomic E-state index is 12.5. The molecule has 1 aromatic carbocycles. The molecule has 1 unspecified atom stereocenters. The Morgan fingerprint density at radius 1 is 1.38 bits per heavy atom. The van der Waals surface area contributed by atoms with Gasteiger partial charge in [-0.25, -0.2) is 4.79 Å². The quantitative estimate of drug-likeness (QED) is 0.623. The Kier molecular flexibility index (Phi) is 5.16. The molecule has 0 aliphatic rings. The first-order chi connectivity index (χ1) is 11.2. The molecule has 0 spiro atoms. The second kappa shape index (κ2) is 6.80. The van der Waals surface area contributed by atoms with E-state index in [4.69, 9.17) is 5.11 Å². The van der Waals surface area contributed by atoms with Crippen LogP contribution in [0.25, 0.3) is 10.9 Å². The largest absolute Gasteiger partial charge is 0.506 e. The van der Waals surface area contributed by atoms with E-state index in [2.05, 4.69) is 27.9 Å². The molecule has 0 bridgehead atoms. The molecule has 0 radical (unpaired) electrons. The van der Waals surface area contributed by atoms with Crippen LogP contribution in [-0.4, -0.2) is 32.7 Å². The molecule has 0 saturated heterocycles. The predicted octanol–water partition coefficient (Wildman–Crippen LogP) is 1.75. The van der Waals surface area contributed by atoms with E-state index < -0.39 is 34.8 Å².